The van der Waals surface area contributed by atoms with Gasteiger partial charge in [0, 0.05) is 16.2 Å². The lowest BCUT2D eigenvalue weighted by molar-refractivity contribution is 0.366. The Morgan fingerprint density at radius 2 is 2.00 bits per heavy atom. The van der Waals surface area contributed by atoms with Gasteiger partial charge in [0.1, 0.15) is 0 Å². The zero-order chi connectivity index (χ0) is 15.1. The molecule has 0 amide bonds. The lowest BCUT2D eigenvalue weighted by Crippen LogP contribution is -2.23. The Morgan fingerprint density at radius 1 is 1.35 bits per heavy atom. The first-order valence-electron chi connectivity index (χ1n) is 6.67. The molecule has 1 saturated carbocycles. The lowest BCUT2D eigenvalue weighted by atomic mass is 9.91. The molecule has 3 N–H and O–H groups in total. The third-order valence-corrected chi connectivity index (χ3v) is 5.51. The van der Waals surface area contributed by atoms with Crippen LogP contribution >= 0.6 is 15.9 Å². The Hall–Kier alpha value is -0.590. The number of primary sulfonamides is 1. The van der Waals surface area contributed by atoms with E-state index in [0.29, 0.717) is 17.4 Å². The van der Waals surface area contributed by atoms with Gasteiger partial charge in [-0.15, -0.1) is 0 Å². The fraction of sp³-hybridized carbons (Fsp3) is 0.571. The number of benzene rings is 1. The molecule has 1 aromatic carbocycles. The van der Waals surface area contributed by atoms with Gasteiger partial charge < -0.3 is 5.32 Å². The minimum atomic E-state index is -3.66. The van der Waals surface area contributed by atoms with Crippen molar-refractivity contribution in [3.8, 4) is 0 Å². The molecular formula is C14H21BrN2O2S. The summed E-state index contributed by atoms with van der Waals surface area (Å²) < 4.78 is 23.4. The smallest absolute Gasteiger partial charge is 0.238 e. The van der Waals surface area contributed by atoms with Crippen molar-refractivity contribution >= 4 is 31.6 Å². The summed E-state index contributed by atoms with van der Waals surface area (Å²) in [5.74, 6) is 0.592. The largest absolute Gasteiger partial charge is 0.381 e. The SMILES string of the molecule is CC1CC(C)(C)CC1Nc1ccc(S(N)(=O)=O)cc1Br. The first-order valence-corrected chi connectivity index (χ1v) is 9.01. The van der Waals surface area contributed by atoms with E-state index in [1.807, 2.05) is 0 Å². The number of nitrogens with one attached hydrogen (secondary N) is 1. The van der Waals surface area contributed by atoms with Crippen molar-refractivity contribution in [1.82, 2.24) is 0 Å². The summed E-state index contributed by atoms with van der Waals surface area (Å²) in [5.41, 5.74) is 1.26. The molecule has 2 rings (SSSR count). The molecule has 0 aliphatic heterocycles. The van der Waals surface area contributed by atoms with Crippen molar-refractivity contribution in [3.63, 3.8) is 0 Å². The van der Waals surface area contributed by atoms with E-state index in [9.17, 15) is 8.42 Å². The molecular weight excluding hydrogens is 340 g/mol. The maximum atomic E-state index is 11.3. The average Bonchev–Trinajstić information content (AvgIpc) is 2.53. The van der Waals surface area contributed by atoms with Crippen molar-refractivity contribution in [3.05, 3.63) is 22.7 Å². The number of rotatable bonds is 3. The van der Waals surface area contributed by atoms with E-state index in [1.54, 1.807) is 12.1 Å². The predicted octanol–water partition coefficient (Wildman–Crippen LogP) is 3.33. The lowest BCUT2D eigenvalue weighted by Gasteiger charge is -2.21. The number of hydrogen-bond donors (Lipinski definition) is 2. The highest BCUT2D eigenvalue weighted by atomic mass is 79.9. The normalized spacial score (nSPS) is 25.6. The molecule has 0 spiro atoms. The third-order valence-electron chi connectivity index (χ3n) is 3.94. The van der Waals surface area contributed by atoms with Crippen molar-refractivity contribution < 1.29 is 8.42 Å². The van der Waals surface area contributed by atoms with Crippen LogP contribution in [-0.4, -0.2) is 14.5 Å². The van der Waals surface area contributed by atoms with Crippen LogP contribution in [-0.2, 0) is 10.0 Å². The van der Waals surface area contributed by atoms with Gasteiger partial charge in [0.2, 0.25) is 10.0 Å². The van der Waals surface area contributed by atoms with Crippen LogP contribution in [0.15, 0.2) is 27.6 Å². The molecule has 2 unspecified atom stereocenters. The van der Waals surface area contributed by atoms with Gasteiger partial charge in [-0.3, -0.25) is 0 Å². The molecule has 6 heteroatoms. The zero-order valence-electron chi connectivity index (χ0n) is 12.0. The number of anilines is 1. The Labute approximate surface area is 129 Å². The second-order valence-corrected chi connectivity index (χ2v) is 8.90. The number of halogens is 1. The summed E-state index contributed by atoms with van der Waals surface area (Å²) in [6.07, 6.45) is 2.30. The molecule has 0 aromatic heterocycles. The standard InChI is InChI=1S/C14H21BrN2O2S/c1-9-7-14(2,3)8-13(9)17-12-5-4-10(6-11(12)15)20(16,18)19/h4-6,9,13,17H,7-8H2,1-3H3,(H2,16,18,19). The topological polar surface area (TPSA) is 72.2 Å². The van der Waals surface area contributed by atoms with E-state index < -0.39 is 10.0 Å². The maximum absolute atomic E-state index is 11.3. The van der Waals surface area contributed by atoms with Crippen molar-refractivity contribution in [1.29, 1.82) is 0 Å². The highest BCUT2D eigenvalue weighted by Crippen LogP contribution is 2.42. The first-order chi connectivity index (χ1) is 9.08. The summed E-state index contributed by atoms with van der Waals surface area (Å²) in [5, 5.41) is 8.64. The highest BCUT2D eigenvalue weighted by Gasteiger charge is 2.36. The second-order valence-electron chi connectivity index (χ2n) is 6.49. The minimum Gasteiger partial charge on any atom is -0.381 e. The summed E-state index contributed by atoms with van der Waals surface area (Å²) in [6.45, 7) is 6.81. The van der Waals surface area contributed by atoms with Crippen LogP contribution in [0, 0.1) is 11.3 Å². The molecule has 1 aliphatic carbocycles. The number of hydrogen-bond acceptors (Lipinski definition) is 3. The third kappa shape index (κ3) is 3.54. The summed E-state index contributed by atoms with van der Waals surface area (Å²) in [7, 11) is -3.66. The summed E-state index contributed by atoms with van der Waals surface area (Å²) >= 11 is 3.41. The monoisotopic (exact) mass is 360 g/mol. The van der Waals surface area contributed by atoms with Crippen LogP contribution in [0.4, 0.5) is 5.69 Å². The van der Waals surface area contributed by atoms with Gasteiger partial charge >= 0.3 is 0 Å². The van der Waals surface area contributed by atoms with E-state index in [-0.39, 0.29) is 4.90 Å². The van der Waals surface area contributed by atoms with Crippen molar-refractivity contribution in [2.45, 2.75) is 44.6 Å². The van der Waals surface area contributed by atoms with Gasteiger partial charge in [0.25, 0.3) is 0 Å². The molecule has 1 fully saturated rings. The fourth-order valence-electron chi connectivity index (χ4n) is 3.08. The van der Waals surface area contributed by atoms with Crippen LogP contribution in [0.2, 0.25) is 0 Å². The van der Waals surface area contributed by atoms with Crippen LogP contribution in [0.5, 0.6) is 0 Å². The van der Waals surface area contributed by atoms with E-state index in [4.69, 9.17) is 5.14 Å². The Kier molecular flexibility index (Phi) is 4.19. The molecule has 1 aliphatic rings. The van der Waals surface area contributed by atoms with E-state index >= 15 is 0 Å². The molecule has 0 heterocycles. The van der Waals surface area contributed by atoms with Gasteiger partial charge in [-0.1, -0.05) is 20.8 Å². The zero-order valence-corrected chi connectivity index (χ0v) is 14.4. The van der Waals surface area contributed by atoms with Gasteiger partial charge in [-0.05, 0) is 58.3 Å². The van der Waals surface area contributed by atoms with Crippen molar-refractivity contribution in [2.24, 2.45) is 16.5 Å². The van der Waals surface area contributed by atoms with E-state index in [2.05, 4.69) is 42.0 Å². The maximum Gasteiger partial charge on any atom is 0.238 e. The Bertz CT molecular complexity index is 614. The summed E-state index contributed by atoms with van der Waals surface area (Å²) in [4.78, 5) is 0.120. The van der Waals surface area contributed by atoms with Crippen LogP contribution in [0.1, 0.15) is 33.6 Å². The van der Waals surface area contributed by atoms with Crippen molar-refractivity contribution in [2.75, 3.05) is 5.32 Å². The first kappa shape index (κ1) is 15.8. The number of sulfonamides is 1. The predicted molar refractivity (Wildman–Crippen MR) is 85.1 cm³/mol. The fourth-order valence-corrected chi connectivity index (χ4v) is 4.26. The second kappa shape index (κ2) is 5.31. The molecule has 0 saturated heterocycles. The van der Waals surface area contributed by atoms with E-state index in [1.165, 1.54) is 12.5 Å². The molecule has 0 radical (unpaired) electrons. The number of nitrogens with two attached hydrogens (primary N) is 1. The average molecular weight is 361 g/mol. The van der Waals surface area contributed by atoms with Crippen LogP contribution in [0.25, 0.3) is 0 Å². The minimum absolute atomic E-state index is 0.120. The molecule has 0 bridgehead atoms. The Balaban J connectivity index is 2.19. The molecule has 1 aromatic rings. The van der Waals surface area contributed by atoms with Gasteiger partial charge in [-0.25, -0.2) is 13.6 Å². The Morgan fingerprint density at radius 3 is 2.45 bits per heavy atom. The molecule has 112 valence electrons. The van der Waals surface area contributed by atoms with Crippen LogP contribution < -0.4 is 10.5 Å². The van der Waals surface area contributed by atoms with Gasteiger partial charge in [0.15, 0.2) is 0 Å². The van der Waals surface area contributed by atoms with Gasteiger partial charge in [-0.2, -0.15) is 0 Å². The summed E-state index contributed by atoms with van der Waals surface area (Å²) in [6, 6.07) is 5.25. The highest BCUT2D eigenvalue weighted by molar-refractivity contribution is 9.10. The van der Waals surface area contributed by atoms with Gasteiger partial charge in [0.05, 0.1) is 4.90 Å². The molecule has 2 atom stereocenters. The molecule has 4 nitrogen and oxygen atoms in total. The van der Waals surface area contributed by atoms with E-state index in [0.717, 1.165) is 16.6 Å². The molecule has 20 heavy (non-hydrogen) atoms. The quantitative estimate of drug-likeness (QED) is 0.867. The van der Waals surface area contributed by atoms with Crippen LogP contribution in [0.3, 0.4) is 0 Å².